The number of carbonyl (C=O) groups is 1. The van der Waals surface area contributed by atoms with E-state index in [-0.39, 0.29) is 13.0 Å². The Morgan fingerprint density at radius 3 is 2.50 bits per heavy atom. The van der Waals surface area contributed by atoms with Crippen LogP contribution in [0.5, 0.6) is 5.75 Å². The molecule has 0 fully saturated rings. The lowest BCUT2D eigenvalue weighted by atomic mass is 10.1. The number of halogens is 1. The Labute approximate surface area is 134 Å². The van der Waals surface area contributed by atoms with E-state index in [4.69, 9.17) is 21.1 Å². The van der Waals surface area contributed by atoms with Crippen molar-refractivity contribution in [3.8, 4) is 5.75 Å². The lowest BCUT2D eigenvalue weighted by Gasteiger charge is -2.14. The van der Waals surface area contributed by atoms with Gasteiger partial charge in [0, 0.05) is 6.42 Å². The lowest BCUT2D eigenvalue weighted by molar-refractivity contribution is -0.151. The molecule has 0 amide bonds. The summed E-state index contributed by atoms with van der Waals surface area (Å²) in [7, 11) is 1.53. The van der Waals surface area contributed by atoms with Crippen molar-refractivity contribution in [2.24, 2.45) is 0 Å². The number of benzene rings is 2. The van der Waals surface area contributed by atoms with E-state index in [0.717, 1.165) is 11.1 Å². The number of methoxy groups -OCH3 is 1. The van der Waals surface area contributed by atoms with Gasteiger partial charge in [-0.05, 0) is 23.3 Å². The number of hydrogen-bond donors (Lipinski definition) is 1. The average molecular weight is 321 g/mol. The van der Waals surface area contributed by atoms with Crippen molar-refractivity contribution in [3.05, 3.63) is 64.7 Å². The van der Waals surface area contributed by atoms with Crippen LogP contribution in [0.25, 0.3) is 0 Å². The SMILES string of the molecule is COc1ccc(C[C@@H](OCc2ccccc2)C(=O)O)cc1Cl. The Kier molecular flexibility index (Phi) is 5.81. The van der Waals surface area contributed by atoms with E-state index in [0.29, 0.717) is 10.8 Å². The van der Waals surface area contributed by atoms with Crippen molar-refractivity contribution >= 4 is 17.6 Å². The minimum absolute atomic E-state index is 0.242. The highest BCUT2D eigenvalue weighted by molar-refractivity contribution is 6.32. The van der Waals surface area contributed by atoms with Crippen LogP contribution in [0.1, 0.15) is 11.1 Å². The van der Waals surface area contributed by atoms with Crippen LogP contribution < -0.4 is 4.74 Å². The van der Waals surface area contributed by atoms with Gasteiger partial charge in [0.05, 0.1) is 18.7 Å². The summed E-state index contributed by atoms with van der Waals surface area (Å²) in [5.41, 5.74) is 1.72. The van der Waals surface area contributed by atoms with Gasteiger partial charge in [0.15, 0.2) is 6.10 Å². The lowest BCUT2D eigenvalue weighted by Crippen LogP contribution is -2.26. The largest absolute Gasteiger partial charge is 0.495 e. The topological polar surface area (TPSA) is 55.8 Å². The second kappa shape index (κ2) is 7.82. The molecule has 0 aliphatic carbocycles. The summed E-state index contributed by atoms with van der Waals surface area (Å²) in [6.07, 6.45) is -0.684. The number of carboxylic acids is 1. The van der Waals surface area contributed by atoms with Crippen LogP contribution in [0, 0.1) is 0 Å². The standard InChI is InChI=1S/C17H17ClO4/c1-21-15-8-7-13(9-14(15)18)10-16(17(19)20)22-11-12-5-3-2-4-6-12/h2-9,16H,10-11H2,1H3,(H,19,20)/t16-/m1/s1. The van der Waals surface area contributed by atoms with Gasteiger partial charge in [-0.1, -0.05) is 48.0 Å². The van der Waals surface area contributed by atoms with E-state index in [9.17, 15) is 9.90 Å². The Morgan fingerprint density at radius 2 is 1.91 bits per heavy atom. The molecule has 0 aliphatic heterocycles. The first-order chi connectivity index (χ1) is 10.6. The minimum atomic E-state index is -0.997. The zero-order valence-electron chi connectivity index (χ0n) is 12.2. The van der Waals surface area contributed by atoms with Crippen LogP contribution in [0.2, 0.25) is 5.02 Å². The van der Waals surface area contributed by atoms with Crippen molar-refractivity contribution in [1.29, 1.82) is 0 Å². The van der Waals surface area contributed by atoms with E-state index in [1.165, 1.54) is 7.11 Å². The molecule has 0 bridgehead atoms. The van der Waals surface area contributed by atoms with E-state index >= 15 is 0 Å². The Hall–Kier alpha value is -2.04. The van der Waals surface area contributed by atoms with Gasteiger partial charge in [-0.15, -0.1) is 0 Å². The summed E-state index contributed by atoms with van der Waals surface area (Å²) in [4.78, 5) is 11.4. The highest BCUT2D eigenvalue weighted by atomic mass is 35.5. The molecule has 1 atom stereocenters. The highest BCUT2D eigenvalue weighted by Gasteiger charge is 2.19. The fraction of sp³-hybridized carbons (Fsp3) is 0.235. The molecule has 0 radical (unpaired) electrons. The molecule has 2 rings (SSSR count). The van der Waals surface area contributed by atoms with E-state index in [1.54, 1.807) is 18.2 Å². The van der Waals surface area contributed by atoms with Crippen LogP contribution in [0.15, 0.2) is 48.5 Å². The van der Waals surface area contributed by atoms with E-state index in [2.05, 4.69) is 0 Å². The first kappa shape index (κ1) is 16.3. The summed E-state index contributed by atoms with van der Waals surface area (Å²) >= 11 is 6.05. The monoisotopic (exact) mass is 320 g/mol. The molecule has 22 heavy (non-hydrogen) atoms. The van der Waals surface area contributed by atoms with Crippen LogP contribution in [-0.2, 0) is 22.6 Å². The minimum Gasteiger partial charge on any atom is -0.495 e. The second-order valence-corrected chi connectivity index (χ2v) is 5.20. The molecular weight excluding hydrogens is 304 g/mol. The normalized spacial score (nSPS) is 11.9. The number of aliphatic carboxylic acids is 1. The van der Waals surface area contributed by atoms with Gasteiger partial charge in [-0.3, -0.25) is 0 Å². The summed E-state index contributed by atoms with van der Waals surface area (Å²) in [5, 5.41) is 9.75. The number of hydrogen-bond acceptors (Lipinski definition) is 3. The molecule has 5 heteroatoms. The molecule has 0 aliphatic rings. The maximum atomic E-state index is 11.4. The molecule has 4 nitrogen and oxygen atoms in total. The second-order valence-electron chi connectivity index (χ2n) is 4.80. The molecule has 116 valence electrons. The predicted octanol–water partition coefficient (Wildman–Crippen LogP) is 3.56. The summed E-state index contributed by atoms with van der Waals surface area (Å²) < 4.78 is 10.6. The molecule has 0 spiro atoms. The molecule has 2 aromatic carbocycles. The summed E-state index contributed by atoms with van der Waals surface area (Å²) in [5.74, 6) is -0.439. The number of carboxylic acid groups (broad SMARTS) is 1. The van der Waals surface area contributed by atoms with Crippen molar-refractivity contribution in [1.82, 2.24) is 0 Å². The van der Waals surface area contributed by atoms with E-state index < -0.39 is 12.1 Å². The van der Waals surface area contributed by atoms with Crippen LogP contribution in [-0.4, -0.2) is 24.3 Å². The van der Waals surface area contributed by atoms with Gasteiger partial charge in [0.1, 0.15) is 5.75 Å². The average Bonchev–Trinajstić information content (AvgIpc) is 2.52. The quantitative estimate of drug-likeness (QED) is 0.847. The van der Waals surface area contributed by atoms with Crippen LogP contribution >= 0.6 is 11.6 Å². The van der Waals surface area contributed by atoms with Gasteiger partial charge in [-0.2, -0.15) is 0 Å². The Morgan fingerprint density at radius 1 is 1.18 bits per heavy atom. The van der Waals surface area contributed by atoms with Gasteiger partial charge < -0.3 is 14.6 Å². The summed E-state index contributed by atoms with van der Waals surface area (Å²) in [6, 6.07) is 14.7. The van der Waals surface area contributed by atoms with Crippen molar-refractivity contribution in [3.63, 3.8) is 0 Å². The van der Waals surface area contributed by atoms with Crippen LogP contribution in [0.4, 0.5) is 0 Å². The highest BCUT2D eigenvalue weighted by Crippen LogP contribution is 2.25. The molecule has 0 saturated carbocycles. The fourth-order valence-corrected chi connectivity index (χ4v) is 2.32. The molecular formula is C17H17ClO4. The van der Waals surface area contributed by atoms with Gasteiger partial charge >= 0.3 is 5.97 Å². The maximum Gasteiger partial charge on any atom is 0.333 e. The maximum absolute atomic E-state index is 11.4. The van der Waals surface area contributed by atoms with Crippen molar-refractivity contribution < 1.29 is 19.4 Å². The van der Waals surface area contributed by atoms with Crippen LogP contribution in [0.3, 0.4) is 0 Å². The Balaban J connectivity index is 2.02. The van der Waals surface area contributed by atoms with Gasteiger partial charge in [0.2, 0.25) is 0 Å². The molecule has 0 unspecified atom stereocenters. The molecule has 2 aromatic rings. The fourth-order valence-electron chi connectivity index (χ4n) is 2.04. The first-order valence-electron chi connectivity index (χ1n) is 6.81. The zero-order valence-corrected chi connectivity index (χ0v) is 12.9. The van der Waals surface area contributed by atoms with Crippen molar-refractivity contribution in [2.75, 3.05) is 7.11 Å². The molecule has 0 aromatic heterocycles. The number of ether oxygens (including phenoxy) is 2. The third kappa shape index (κ3) is 4.48. The van der Waals surface area contributed by atoms with E-state index in [1.807, 2.05) is 30.3 Å². The molecule has 1 N–H and O–H groups in total. The van der Waals surface area contributed by atoms with Gasteiger partial charge in [0.25, 0.3) is 0 Å². The predicted molar refractivity (Wildman–Crippen MR) is 84.4 cm³/mol. The third-order valence-corrected chi connectivity index (χ3v) is 3.50. The molecule has 0 saturated heterocycles. The number of rotatable bonds is 7. The Bertz CT molecular complexity index is 628. The first-order valence-corrected chi connectivity index (χ1v) is 7.18. The smallest absolute Gasteiger partial charge is 0.333 e. The zero-order chi connectivity index (χ0) is 15.9. The summed E-state index contributed by atoms with van der Waals surface area (Å²) in [6.45, 7) is 0.252. The van der Waals surface area contributed by atoms with Gasteiger partial charge in [-0.25, -0.2) is 4.79 Å². The third-order valence-electron chi connectivity index (χ3n) is 3.21. The molecule has 0 heterocycles. The van der Waals surface area contributed by atoms with Crippen molar-refractivity contribution in [2.45, 2.75) is 19.1 Å².